The molecule has 0 saturated heterocycles. The molecule has 0 spiro atoms. The number of nitrogens with zero attached hydrogens (tertiary/aromatic N) is 1. The fourth-order valence-corrected chi connectivity index (χ4v) is 1.87. The SMILES string of the molecule is [2H]C1([2H])C(n2cc(C(=O)O)c(=O)c3ccc(F)cc32)C1([2H])[2H]. The number of benzene rings is 1. The highest BCUT2D eigenvalue weighted by Crippen LogP contribution is 2.36. The van der Waals surface area contributed by atoms with Crippen LogP contribution in [0.25, 0.3) is 10.9 Å². The van der Waals surface area contributed by atoms with Crippen molar-refractivity contribution in [3.63, 3.8) is 0 Å². The van der Waals surface area contributed by atoms with Gasteiger partial charge in [-0.3, -0.25) is 4.79 Å². The molecule has 0 atom stereocenters. The van der Waals surface area contributed by atoms with Crippen LogP contribution >= 0.6 is 0 Å². The molecular weight excluding hydrogens is 237 g/mol. The topological polar surface area (TPSA) is 59.3 Å². The van der Waals surface area contributed by atoms with E-state index in [1.807, 2.05) is 0 Å². The summed E-state index contributed by atoms with van der Waals surface area (Å²) in [4.78, 5) is 23.3. The van der Waals surface area contributed by atoms with Gasteiger partial charge in [0.2, 0.25) is 5.43 Å². The van der Waals surface area contributed by atoms with Crippen molar-refractivity contribution >= 4 is 16.9 Å². The summed E-state index contributed by atoms with van der Waals surface area (Å²) in [6, 6.07) is 1.75. The van der Waals surface area contributed by atoms with Crippen LogP contribution in [0.1, 0.15) is 34.6 Å². The molecule has 5 heteroatoms. The number of aromatic carboxylic acids is 1. The Morgan fingerprint density at radius 3 is 2.83 bits per heavy atom. The average molecular weight is 251 g/mol. The highest BCUT2D eigenvalue weighted by atomic mass is 19.1. The molecule has 1 aromatic carbocycles. The molecule has 1 aromatic heterocycles. The molecule has 1 N–H and O–H groups in total. The molecule has 3 rings (SSSR count). The Labute approximate surface area is 107 Å². The van der Waals surface area contributed by atoms with Crippen molar-refractivity contribution < 1.29 is 19.8 Å². The van der Waals surface area contributed by atoms with Gasteiger partial charge in [-0.1, -0.05) is 0 Å². The first kappa shape index (κ1) is 7.31. The standard InChI is InChI=1S/C13H10FNO3/c14-7-1-4-9-11(5-7)15(8-2-3-8)6-10(12(9)16)13(17)18/h1,4-6,8H,2-3H2,(H,17,18)/i2D2,3D2. The zero-order valence-corrected chi connectivity index (χ0v) is 8.98. The number of rotatable bonds is 2. The second-order valence-corrected chi connectivity index (χ2v) is 3.94. The largest absolute Gasteiger partial charge is 0.477 e. The van der Waals surface area contributed by atoms with Crippen molar-refractivity contribution in [2.24, 2.45) is 0 Å². The molecule has 18 heavy (non-hydrogen) atoms. The molecule has 0 aliphatic heterocycles. The highest BCUT2D eigenvalue weighted by Gasteiger charge is 2.26. The van der Waals surface area contributed by atoms with E-state index in [0.717, 1.165) is 29.0 Å². The monoisotopic (exact) mass is 251 g/mol. The predicted molar refractivity (Wildman–Crippen MR) is 63.4 cm³/mol. The average Bonchev–Trinajstić information content (AvgIpc) is 2.80. The van der Waals surface area contributed by atoms with Crippen LogP contribution in [0.5, 0.6) is 0 Å². The fourth-order valence-electron chi connectivity index (χ4n) is 1.87. The number of carboxylic acids is 1. The molecule has 4 nitrogen and oxygen atoms in total. The minimum absolute atomic E-state index is 0.0368. The number of carboxylic acid groups (broad SMARTS) is 1. The summed E-state index contributed by atoms with van der Waals surface area (Å²) in [5.74, 6) is -2.20. The van der Waals surface area contributed by atoms with Gasteiger partial charge in [0.25, 0.3) is 0 Å². The van der Waals surface area contributed by atoms with E-state index in [1.54, 1.807) is 0 Å². The zero-order valence-electron chi connectivity index (χ0n) is 13.0. The Bertz CT molecular complexity index is 863. The van der Waals surface area contributed by atoms with Crippen LogP contribution in [0.15, 0.2) is 29.2 Å². The number of carbonyl (C=O) groups is 1. The molecule has 0 amide bonds. The van der Waals surface area contributed by atoms with Crippen molar-refractivity contribution in [3.8, 4) is 0 Å². The molecule has 1 aliphatic carbocycles. The molecule has 1 aliphatic rings. The smallest absolute Gasteiger partial charge is 0.341 e. The van der Waals surface area contributed by atoms with Gasteiger partial charge < -0.3 is 9.67 Å². The lowest BCUT2D eigenvalue weighted by Gasteiger charge is -2.11. The van der Waals surface area contributed by atoms with Crippen molar-refractivity contribution in [3.05, 3.63) is 46.0 Å². The summed E-state index contributed by atoms with van der Waals surface area (Å²) in [6.07, 6.45) is -3.60. The van der Waals surface area contributed by atoms with Crippen molar-refractivity contribution in [2.75, 3.05) is 0 Å². The molecule has 0 radical (unpaired) electrons. The van der Waals surface area contributed by atoms with Crippen molar-refractivity contribution in [2.45, 2.75) is 18.8 Å². The Morgan fingerprint density at radius 1 is 1.50 bits per heavy atom. The van der Waals surface area contributed by atoms with Crippen LogP contribution in [-0.4, -0.2) is 15.6 Å². The number of pyridine rings is 1. The first-order valence-corrected chi connectivity index (χ1v) is 5.16. The number of hydrogen-bond acceptors (Lipinski definition) is 2. The minimum atomic E-state index is -2.24. The normalized spacial score (nSPS) is 23.8. The van der Waals surface area contributed by atoms with Gasteiger partial charge in [0.15, 0.2) is 0 Å². The summed E-state index contributed by atoms with van der Waals surface area (Å²) in [5.41, 5.74) is -1.47. The Morgan fingerprint density at radius 2 is 2.22 bits per heavy atom. The summed E-state index contributed by atoms with van der Waals surface area (Å²) >= 11 is 0. The van der Waals surface area contributed by atoms with Crippen molar-refractivity contribution in [1.29, 1.82) is 0 Å². The van der Waals surface area contributed by atoms with Gasteiger partial charge in [-0.05, 0) is 30.9 Å². The molecule has 0 bridgehead atoms. The molecule has 2 aromatic rings. The van der Waals surface area contributed by atoms with E-state index < -0.39 is 41.6 Å². The van der Waals surface area contributed by atoms with E-state index in [4.69, 9.17) is 10.6 Å². The van der Waals surface area contributed by atoms with E-state index in [2.05, 4.69) is 0 Å². The summed E-state index contributed by atoms with van der Waals surface area (Å²) < 4.78 is 45.1. The zero-order chi connectivity index (χ0) is 16.4. The molecule has 92 valence electrons. The maximum Gasteiger partial charge on any atom is 0.341 e. The summed E-state index contributed by atoms with van der Waals surface area (Å²) in [5, 5.41) is 8.99. The fraction of sp³-hybridized carbons (Fsp3) is 0.231. The van der Waals surface area contributed by atoms with Crippen LogP contribution < -0.4 is 5.43 Å². The summed E-state index contributed by atoms with van der Waals surface area (Å²) in [6.45, 7) is 0. The van der Waals surface area contributed by atoms with E-state index in [1.165, 1.54) is 0 Å². The first-order valence-electron chi connectivity index (χ1n) is 7.16. The third kappa shape index (κ3) is 1.59. The van der Waals surface area contributed by atoms with Gasteiger partial charge in [-0.2, -0.15) is 0 Å². The van der Waals surface area contributed by atoms with Gasteiger partial charge in [0.05, 0.1) is 5.52 Å². The van der Waals surface area contributed by atoms with Crippen molar-refractivity contribution in [1.82, 2.24) is 4.57 Å². The third-order valence-electron chi connectivity index (χ3n) is 2.78. The van der Waals surface area contributed by atoms with E-state index in [0.29, 0.717) is 0 Å². The van der Waals surface area contributed by atoms with Crippen LogP contribution in [0, 0.1) is 5.82 Å². The lowest BCUT2D eigenvalue weighted by molar-refractivity contribution is 0.0695. The number of fused-ring (bicyclic) bond motifs is 1. The second kappa shape index (κ2) is 3.66. The lowest BCUT2D eigenvalue weighted by atomic mass is 10.1. The second-order valence-electron chi connectivity index (χ2n) is 3.94. The van der Waals surface area contributed by atoms with Gasteiger partial charge in [0, 0.05) is 23.1 Å². The quantitative estimate of drug-likeness (QED) is 0.889. The minimum Gasteiger partial charge on any atom is -0.477 e. The molecular formula is C13H10FNO3. The lowest BCUT2D eigenvalue weighted by Crippen LogP contribution is -2.18. The van der Waals surface area contributed by atoms with E-state index >= 15 is 0 Å². The van der Waals surface area contributed by atoms with Gasteiger partial charge in [0.1, 0.15) is 11.4 Å². The maximum absolute atomic E-state index is 13.5. The molecule has 1 heterocycles. The van der Waals surface area contributed by atoms with Crippen LogP contribution in [0.3, 0.4) is 0 Å². The number of halogens is 1. The van der Waals surface area contributed by atoms with Gasteiger partial charge in [-0.15, -0.1) is 0 Å². The van der Waals surface area contributed by atoms with Crippen LogP contribution in [0.4, 0.5) is 4.39 Å². The molecule has 1 fully saturated rings. The summed E-state index contributed by atoms with van der Waals surface area (Å²) in [7, 11) is 0. The van der Waals surface area contributed by atoms with Crippen LogP contribution in [-0.2, 0) is 0 Å². The van der Waals surface area contributed by atoms with Gasteiger partial charge in [-0.25, -0.2) is 9.18 Å². The highest BCUT2D eigenvalue weighted by molar-refractivity contribution is 5.92. The van der Waals surface area contributed by atoms with Crippen LogP contribution in [0.2, 0.25) is 0 Å². The van der Waals surface area contributed by atoms with Gasteiger partial charge >= 0.3 is 5.97 Å². The maximum atomic E-state index is 13.5. The van der Waals surface area contributed by atoms with E-state index in [9.17, 15) is 14.0 Å². The Hall–Kier alpha value is -2.17. The van der Waals surface area contributed by atoms with E-state index in [-0.39, 0.29) is 10.9 Å². The Kier molecular flexibility index (Phi) is 1.49. The Balaban J connectivity index is 2.39. The first-order chi connectivity index (χ1) is 10.1. The number of aromatic nitrogens is 1. The predicted octanol–water partition coefficient (Wildman–Crippen LogP) is 2.17. The molecule has 0 unspecified atom stereocenters. The molecule has 1 saturated carbocycles. The number of hydrogen-bond donors (Lipinski definition) is 1. The third-order valence-corrected chi connectivity index (χ3v) is 2.78.